The first kappa shape index (κ1) is 20.0. The molecule has 2 heterocycles. The first-order valence-corrected chi connectivity index (χ1v) is 11.7. The van der Waals surface area contributed by atoms with Crippen LogP contribution in [0.5, 0.6) is 0 Å². The molecule has 1 aliphatic heterocycles. The Balaban J connectivity index is 1.47. The first-order chi connectivity index (χ1) is 13.9. The predicted octanol–water partition coefficient (Wildman–Crippen LogP) is 4.08. The van der Waals surface area contributed by atoms with Crippen molar-refractivity contribution in [3.8, 4) is 11.3 Å². The number of nitrogens with zero attached hydrogens (tertiary/aromatic N) is 3. The van der Waals surface area contributed by atoms with Crippen LogP contribution in [0.4, 0.5) is 9.52 Å². The second kappa shape index (κ2) is 7.85. The average Bonchev–Trinajstić information content (AvgIpc) is 3.20. The van der Waals surface area contributed by atoms with Gasteiger partial charge in [0.2, 0.25) is 10.0 Å². The van der Waals surface area contributed by atoms with Crippen molar-refractivity contribution in [2.75, 3.05) is 31.1 Å². The van der Waals surface area contributed by atoms with Gasteiger partial charge in [-0.3, -0.25) is 0 Å². The molecule has 8 heteroatoms. The van der Waals surface area contributed by atoms with Gasteiger partial charge < -0.3 is 4.90 Å². The summed E-state index contributed by atoms with van der Waals surface area (Å²) in [6.45, 7) is 6.08. The van der Waals surface area contributed by atoms with Gasteiger partial charge in [-0.25, -0.2) is 17.8 Å². The molecule has 0 amide bonds. The number of aromatic nitrogens is 1. The second-order valence-electron chi connectivity index (χ2n) is 7.11. The summed E-state index contributed by atoms with van der Waals surface area (Å²) < 4.78 is 40.1. The maximum absolute atomic E-state index is 13.1. The summed E-state index contributed by atoms with van der Waals surface area (Å²) in [6, 6.07) is 11.2. The van der Waals surface area contributed by atoms with Gasteiger partial charge in [-0.05, 0) is 49.2 Å². The van der Waals surface area contributed by atoms with Crippen molar-refractivity contribution in [1.82, 2.24) is 9.29 Å². The molecule has 4 rings (SSSR count). The Labute approximate surface area is 174 Å². The minimum Gasteiger partial charge on any atom is -0.345 e. The fraction of sp³-hybridized carbons (Fsp3) is 0.286. The molecule has 0 unspecified atom stereocenters. The van der Waals surface area contributed by atoms with Crippen molar-refractivity contribution in [3.05, 3.63) is 64.8 Å². The number of aryl methyl sites for hydroxylation is 1. The largest absolute Gasteiger partial charge is 0.345 e. The lowest BCUT2D eigenvalue weighted by Gasteiger charge is -2.33. The van der Waals surface area contributed by atoms with Crippen LogP contribution >= 0.6 is 11.3 Å². The minimum absolute atomic E-state index is 0.124. The van der Waals surface area contributed by atoms with Gasteiger partial charge in [-0.15, -0.1) is 11.3 Å². The number of hydrogen-bond acceptors (Lipinski definition) is 5. The van der Waals surface area contributed by atoms with Gasteiger partial charge in [-0.2, -0.15) is 4.31 Å². The third-order valence-corrected chi connectivity index (χ3v) is 8.15. The summed E-state index contributed by atoms with van der Waals surface area (Å²) in [7, 11) is -3.61. The summed E-state index contributed by atoms with van der Waals surface area (Å²) in [6.07, 6.45) is 0. The number of sulfonamides is 1. The van der Waals surface area contributed by atoms with E-state index >= 15 is 0 Å². The Bertz CT molecular complexity index is 1120. The zero-order chi connectivity index (χ0) is 20.6. The van der Waals surface area contributed by atoms with Crippen LogP contribution in [0.1, 0.15) is 11.1 Å². The molecule has 1 aromatic heterocycles. The normalized spacial score (nSPS) is 15.6. The number of rotatable bonds is 4. The molecule has 5 nitrogen and oxygen atoms in total. The first-order valence-electron chi connectivity index (χ1n) is 9.39. The zero-order valence-corrected chi connectivity index (χ0v) is 17.9. The van der Waals surface area contributed by atoms with Gasteiger partial charge in [0.1, 0.15) is 5.82 Å². The van der Waals surface area contributed by atoms with Gasteiger partial charge in [0, 0.05) is 37.1 Å². The summed E-state index contributed by atoms with van der Waals surface area (Å²) in [5, 5.41) is 2.96. The van der Waals surface area contributed by atoms with E-state index < -0.39 is 15.8 Å². The fourth-order valence-electron chi connectivity index (χ4n) is 3.44. The van der Waals surface area contributed by atoms with Crippen molar-refractivity contribution in [2.24, 2.45) is 0 Å². The number of benzene rings is 2. The highest BCUT2D eigenvalue weighted by molar-refractivity contribution is 7.89. The highest BCUT2D eigenvalue weighted by Gasteiger charge is 2.29. The molecule has 0 aliphatic carbocycles. The lowest BCUT2D eigenvalue weighted by molar-refractivity contribution is 0.384. The molecule has 152 valence electrons. The molecular weight excluding hydrogens is 409 g/mol. The lowest BCUT2D eigenvalue weighted by Crippen LogP contribution is -2.48. The van der Waals surface area contributed by atoms with Crippen LogP contribution in [0.3, 0.4) is 0 Å². The van der Waals surface area contributed by atoms with Crippen LogP contribution in [-0.4, -0.2) is 43.9 Å². The van der Waals surface area contributed by atoms with Crippen molar-refractivity contribution in [1.29, 1.82) is 0 Å². The Kier molecular flexibility index (Phi) is 5.42. The fourth-order valence-corrected chi connectivity index (χ4v) is 5.74. The molecule has 1 saturated heterocycles. The Morgan fingerprint density at radius 1 is 1.00 bits per heavy atom. The van der Waals surface area contributed by atoms with E-state index in [2.05, 4.69) is 36.3 Å². The van der Waals surface area contributed by atoms with Crippen LogP contribution in [0.2, 0.25) is 0 Å². The van der Waals surface area contributed by atoms with E-state index in [-0.39, 0.29) is 4.90 Å². The molecule has 2 aromatic carbocycles. The number of thiazole rings is 1. The molecule has 0 bridgehead atoms. The van der Waals surface area contributed by atoms with Gasteiger partial charge >= 0.3 is 0 Å². The summed E-state index contributed by atoms with van der Waals surface area (Å²) in [5.74, 6) is -0.447. The molecular formula is C21H22FN3O2S2. The van der Waals surface area contributed by atoms with E-state index in [1.54, 1.807) is 11.3 Å². The molecule has 3 aromatic rings. The number of halogens is 1. The molecule has 0 N–H and O–H groups in total. The smallest absolute Gasteiger partial charge is 0.243 e. The van der Waals surface area contributed by atoms with E-state index in [0.29, 0.717) is 26.2 Å². The summed E-state index contributed by atoms with van der Waals surface area (Å²) >= 11 is 1.58. The number of anilines is 1. The highest BCUT2D eigenvalue weighted by atomic mass is 32.2. The van der Waals surface area contributed by atoms with Crippen LogP contribution in [0, 0.1) is 19.7 Å². The maximum atomic E-state index is 13.1. The molecule has 1 aliphatic rings. The van der Waals surface area contributed by atoms with Gasteiger partial charge in [0.15, 0.2) is 5.13 Å². The molecule has 0 spiro atoms. The topological polar surface area (TPSA) is 53.5 Å². The quantitative estimate of drug-likeness (QED) is 0.625. The van der Waals surface area contributed by atoms with Gasteiger partial charge in [0.25, 0.3) is 0 Å². The summed E-state index contributed by atoms with van der Waals surface area (Å²) in [5.41, 5.74) is 4.54. The SMILES string of the molecule is Cc1cccc(-c2csc(N3CCN(S(=O)(=O)c4ccc(F)cc4)CC3)n2)c1C. The van der Waals surface area contributed by atoms with Gasteiger partial charge in [0.05, 0.1) is 10.6 Å². The van der Waals surface area contributed by atoms with E-state index in [1.165, 1.54) is 39.7 Å². The molecule has 0 radical (unpaired) electrons. The Morgan fingerprint density at radius 3 is 2.38 bits per heavy atom. The highest BCUT2D eigenvalue weighted by Crippen LogP contribution is 2.31. The number of hydrogen-bond donors (Lipinski definition) is 0. The second-order valence-corrected chi connectivity index (χ2v) is 9.88. The van der Waals surface area contributed by atoms with E-state index in [4.69, 9.17) is 4.98 Å². The third kappa shape index (κ3) is 3.92. The average molecular weight is 432 g/mol. The summed E-state index contributed by atoms with van der Waals surface area (Å²) in [4.78, 5) is 7.04. The zero-order valence-electron chi connectivity index (χ0n) is 16.3. The third-order valence-electron chi connectivity index (χ3n) is 5.33. The van der Waals surface area contributed by atoms with E-state index in [9.17, 15) is 12.8 Å². The van der Waals surface area contributed by atoms with E-state index in [1.807, 2.05) is 6.07 Å². The monoisotopic (exact) mass is 431 g/mol. The predicted molar refractivity (Wildman–Crippen MR) is 114 cm³/mol. The van der Waals surface area contributed by atoms with Crippen molar-refractivity contribution < 1.29 is 12.8 Å². The number of piperazine rings is 1. The van der Waals surface area contributed by atoms with Crippen molar-refractivity contribution >= 4 is 26.5 Å². The standard InChI is InChI=1S/C21H22FN3O2S2/c1-15-4-3-5-19(16(15)2)20-14-28-21(23-20)24-10-12-25(13-11-24)29(26,27)18-8-6-17(22)7-9-18/h3-9,14H,10-13H2,1-2H3. The molecule has 1 fully saturated rings. The van der Waals surface area contributed by atoms with Crippen LogP contribution in [-0.2, 0) is 10.0 Å². The van der Waals surface area contributed by atoms with Crippen molar-refractivity contribution in [3.63, 3.8) is 0 Å². The van der Waals surface area contributed by atoms with Crippen LogP contribution in [0.25, 0.3) is 11.3 Å². The van der Waals surface area contributed by atoms with Crippen LogP contribution in [0.15, 0.2) is 52.7 Å². The van der Waals surface area contributed by atoms with Crippen LogP contribution < -0.4 is 4.90 Å². The Morgan fingerprint density at radius 2 is 1.69 bits per heavy atom. The van der Waals surface area contributed by atoms with Crippen molar-refractivity contribution in [2.45, 2.75) is 18.7 Å². The minimum atomic E-state index is -3.61. The molecule has 0 saturated carbocycles. The van der Waals surface area contributed by atoms with E-state index in [0.717, 1.165) is 16.4 Å². The van der Waals surface area contributed by atoms with Gasteiger partial charge in [-0.1, -0.05) is 18.2 Å². The molecule has 0 atom stereocenters. The lowest BCUT2D eigenvalue weighted by atomic mass is 10.0. The maximum Gasteiger partial charge on any atom is 0.243 e. The Hall–Kier alpha value is -2.29. The molecule has 29 heavy (non-hydrogen) atoms.